The van der Waals surface area contributed by atoms with Crippen LogP contribution in [0, 0.1) is 5.92 Å². The summed E-state index contributed by atoms with van der Waals surface area (Å²) in [4.78, 5) is 48.5. The first-order chi connectivity index (χ1) is 13.9. The topological polar surface area (TPSA) is 197 Å². The number of aliphatic hydroxyl groups excluding tert-OH is 1. The molecule has 11 heteroatoms. The molecule has 0 aromatic carbocycles. The number of aliphatic carboxylic acids is 1. The van der Waals surface area contributed by atoms with Crippen molar-refractivity contribution in [2.45, 2.75) is 83.6 Å². The van der Waals surface area contributed by atoms with Gasteiger partial charge in [0.25, 0.3) is 0 Å². The van der Waals surface area contributed by atoms with Crippen LogP contribution in [0.15, 0.2) is 0 Å². The molecule has 11 nitrogen and oxygen atoms in total. The lowest BCUT2D eigenvalue weighted by atomic mass is 10.0. The number of carbonyl (C=O) groups excluding carboxylic acids is 3. The summed E-state index contributed by atoms with van der Waals surface area (Å²) < 4.78 is 0. The van der Waals surface area contributed by atoms with E-state index in [1.165, 1.54) is 13.8 Å². The Labute approximate surface area is 177 Å². The first-order valence-electron chi connectivity index (χ1n) is 10.2. The van der Waals surface area contributed by atoms with Gasteiger partial charge in [0.1, 0.15) is 24.2 Å². The van der Waals surface area contributed by atoms with Gasteiger partial charge in [-0.2, -0.15) is 0 Å². The van der Waals surface area contributed by atoms with Gasteiger partial charge in [-0.25, -0.2) is 0 Å². The molecule has 0 spiro atoms. The fraction of sp³-hybridized carbons (Fsp3) is 0.789. The second-order valence-corrected chi connectivity index (χ2v) is 7.87. The average molecular weight is 432 g/mol. The van der Waals surface area contributed by atoms with Gasteiger partial charge in [-0.1, -0.05) is 13.8 Å². The molecule has 0 aliphatic carbocycles. The highest BCUT2D eigenvalue weighted by atomic mass is 16.4. The van der Waals surface area contributed by atoms with Gasteiger partial charge < -0.3 is 37.6 Å². The zero-order valence-electron chi connectivity index (χ0n) is 18.2. The van der Waals surface area contributed by atoms with E-state index in [0.29, 0.717) is 19.4 Å². The number of nitrogens with two attached hydrogens (primary N) is 2. The molecule has 3 amide bonds. The second kappa shape index (κ2) is 13.9. The number of aliphatic hydroxyl groups is 1. The SMILES string of the molecule is CC(C)CC(NC(=O)C(CCCCN)NC(=O)C(N)C(C)O)C(=O)NC(C)C(=O)O. The summed E-state index contributed by atoms with van der Waals surface area (Å²) in [7, 11) is 0. The van der Waals surface area contributed by atoms with Crippen molar-refractivity contribution >= 4 is 23.7 Å². The fourth-order valence-corrected chi connectivity index (χ4v) is 2.60. The molecule has 0 saturated carbocycles. The lowest BCUT2D eigenvalue weighted by Crippen LogP contribution is -2.58. The van der Waals surface area contributed by atoms with Crippen LogP contribution in [0.1, 0.15) is 53.4 Å². The Morgan fingerprint density at radius 3 is 1.87 bits per heavy atom. The van der Waals surface area contributed by atoms with E-state index in [9.17, 15) is 24.3 Å². The Bertz CT molecular complexity index is 584. The van der Waals surface area contributed by atoms with Crippen LogP contribution in [0.5, 0.6) is 0 Å². The van der Waals surface area contributed by atoms with Gasteiger partial charge >= 0.3 is 5.97 Å². The highest BCUT2D eigenvalue weighted by Crippen LogP contribution is 2.08. The van der Waals surface area contributed by atoms with Crippen molar-refractivity contribution in [1.82, 2.24) is 16.0 Å². The van der Waals surface area contributed by atoms with E-state index in [-0.39, 0.29) is 18.8 Å². The summed E-state index contributed by atoms with van der Waals surface area (Å²) in [6.07, 6.45) is 0.627. The molecule has 0 fully saturated rings. The van der Waals surface area contributed by atoms with E-state index in [2.05, 4.69) is 16.0 Å². The number of rotatable bonds is 14. The molecule has 30 heavy (non-hydrogen) atoms. The van der Waals surface area contributed by atoms with Gasteiger partial charge in [-0.15, -0.1) is 0 Å². The van der Waals surface area contributed by atoms with Crippen molar-refractivity contribution in [3.8, 4) is 0 Å². The molecule has 0 heterocycles. The minimum absolute atomic E-state index is 0.0372. The number of hydrogen-bond acceptors (Lipinski definition) is 7. The first kappa shape index (κ1) is 27.8. The number of hydrogen-bond donors (Lipinski definition) is 7. The van der Waals surface area contributed by atoms with E-state index in [1.54, 1.807) is 0 Å². The molecule has 0 aliphatic heterocycles. The lowest BCUT2D eigenvalue weighted by Gasteiger charge is -2.26. The van der Waals surface area contributed by atoms with Crippen molar-refractivity contribution in [2.24, 2.45) is 17.4 Å². The van der Waals surface area contributed by atoms with Crippen LogP contribution in [0.25, 0.3) is 0 Å². The molecular formula is C19H37N5O6. The summed E-state index contributed by atoms with van der Waals surface area (Å²) in [6.45, 7) is 6.81. The molecule has 5 atom stereocenters. The molecule has 0 radical (unpaired) electrons. The minimum Gasteiger partial charge on any atom is -0.480 e. The average Bonchev–Trinajstić information content (AvgIpc) is 2.65. The standard InChI is InChI=1S/C19H37N5O6/c1-10(2)9-14(17(27)22-11(3)19(29)30)24-16(26)13(7-5-6-8-20)23-18(28)15(21)12(4)25/h10-15,25H,5-9,20-21H2,1-4H3,(H,22,27)(H,23,28)(H,24,26)(H,29,30). The molecule has 0 aromatic heterocycles. The second-order valence-electron chi connectivity index (χ2n) is 7.87. The number of amides is 3. The van der Waals surface area contributed by atoms with Crippen molar-refractivity contribution in [2.75, 3.05) is 6.54 Å². The number of carboxylic acids is 1. The third-order valence-corrected chi connectivity index (χ3v) is 4.47. The Morgan fingerprint density at radius 1 is 0.867 bits per heavy atom. The number of carbonyl (C=O) groups is 4. The van der Waals surface area contributed by atoms with E-state index in [4.69, 9.17) is 16.6 Å². The maximum Gasteiger partial charge on any atom is 0.325 e. The zero-order valence-corrected chi connectivity index (χ0v) is 18.2. The van der Waals surface area contributed by atoms with Gasteiger partial charge in [0.05, 0.1) is 6.10 Å². The largest absolute Gasteiger partial charge is 0.480 e. The van der Waals surface area contributed by atoms with E-state index in [0.717, 1.165) is 0 Å². The summed E-state index contributed by atoms with van der Waals surface area (Å²) in [5.74, 6) is -3.07. The van der Waals surface area contributed by atoms with Crippen LogP contribution in [0.4, 0.5) is 0 Å². The summed E-state index contributed by atoms with van der Waals surface area (Å²) in [6, 6.07) is -4.28. The van der Waals surface area contributed by atoms with E-state index >= 15 is 0 Å². The van der Waals surface area contributed by atoms with Crippen LogP contribution < -0.4 is 27.4 Å². The van der Waals surface area contributed by atoms with Gasteiger partial charge in [-0.3, -0.25) is 19.2 Å². The molecule has 5 unspecified atom stereocenters. The van der Waals surface area contributed by atoms with Crippen molar-refractivity contribution in [3.05, 3.63) is 0 Å². The summed E-state index contributed by atoms with van der Waals surface area (Å²) in [5, 5.41) is 25.9. The first-order valence-corrected chi connectivity index (χ1v) is 10.2. The third-order valence-electron chi connectivity index (χ3n) is 4.47. The van der Waals surface area contributed by atoms with Crippen molar-refractivity contribution in [1.29, 1.82) is 0 Å². The predicted molar refractivity (Wildman–Crippen MR) is 111 cm³/mol. The van der Waals surface area contributed by atoms with Gasteiger partial charge in [0, 0.05) is 0 Å². The number of carboxylic acid groups (broad SMARTS) is 1. The fourth-order valence-electron chi connectivity index (χ4n) is 2.60. The molecular weight excluding hydrogens is 394 g/mol. The Kier molecular flexibility index (Phi) is 12.8. The maximum absolute atomic E-state index is 12.8. The van der Waals surface area contributed by atoms with E-state index in [1.807, 2.05) is 13.8 Å². The minimum atomic E-state index is -1.21. The summed E-state index contributed by atoms with van der Waals surface area (Å²) in [5.41, 5.74) is 11.1. The number of nitrogens with one attached hydrogen (secondary N) is 3. The highest BCUT2D eigenvalue weighted by Gasteiger charge is 2.30. The van der Waals surface area contributed by atoms with Gasteiger partial charge in [0.15, 0.2) is 0 Å². The molecule has 0 rings (SSSR count). The Hall–Kier alpha value is -2.24. The maximum atomic E-state index is 12.8. The van der Waals surface area contributed by atoms with Crippen LogP contribution in [-0.4, -0.2) is 70.7 Å². The Morgan fingerprint density at radius 2 is 1.40 bits per heavy atom. The lowest BCUT2D eigenvalue weighted by molar-refractivity contribution is -0.142. The Balaban J connectivity index is 5.34. The smallest absolute Gasteiger partial charge is 0.325 e. The van der Waals surface area contributed by atoms with Crippen molar-refractivity contribution < 1.29 is 29.4 Å². The van der Waals surface area contributed by atoms with Crippen LogP contribution in [0.2, 0.25) is 0 Å². The molecule has 0 bridgehead atoms. The third kappa shape index (κ3) is 10.5. The summed E-state index contributed by atoms with van der Waals surface area (Å²) >= 11 is 0. The van der Waals surface area contributed by atoms with Crippen LogP contribution >= 0.6 is 0 Å². The molecule has 0 aromatic rings. The van der Waals surface area contributed by atoms with Crippen molar-refractivity contribution in [3.63, 3.8) is 0 Å². The molecule has 0 aliphatic rings. The predicted octanol–water partition coefficient (Wildman–Crippen LogP) is -1.57. The molecule has 0 saturated heterocycles. The van der Waals surface area contributed by atoms with E-state index < -0.39 is 54.0 Å². The van der Waals surface area contributed by atoms with Crippen LogP contribution in [0.3, 0.4) is 0 Å². The normalized spacial score (nSPS) is 16.1. The number of unbranched alkanes of at least 4 members (excludes halogenated alkanes) is 1. The highest BCUT2D eigenvalue weighted by molar-refractivity contribution is 5.94. The van der Waals surface area contributed by atoms with Crippen LogP contribution in [-0.2, 0) is 19.2 Å². The molecule has 9 N–H and O–H groups in total. The monoisotopic (exact) mass is 431 g/mol. The van der Waals surface area contributed by atoms with Gasteiger partial charge in [-0.05, 0) is 52.0 Å². The quantitative estimate of drug-likeness (QED) is 0.160. The molecule has 174 valence electrons. The zero-order chi connectivity index (χ0) is 23.4. The van der Waals surface area contributed by atoms with Gasteiger partial charge in [0.2, 0.25) is 17.7 Å².